The summed E-state index contributed by atoms with van der Waals surface area (Å²) in [4.78, 5) is 10.6. The van der Waals surface area contributed by atoms with Crippen LogP contribution in [0.5, 0.6) is 5.75 Å². The van der Waals surface area contributed by atoms with Gasteiger partial charge in [-0.15, -0.1) is 0 Å². The van der Waals surface area contributed by atoms with Crippen LogP contribution in [0.4, 0.5) is 5.69 Å². The lowest BCUT2D eigenvalue weighted by molar-refractivity contribution is 0.477. The minimum absolute atomic E-state index is 0.278. The zero-order valence-corrected chi connectivity index (χ0v) is 16.1. The molecule has 5 rings (SSSR count). The molecule has 0 atom stereocenters. The van der Waals surface area contributed by atoms with E-state index >= 15 is 0 Å². The number of hydrogen-bond acceptors (Lipinski definition) is 3. The molecule has 4 heteroatoms. The number of imidazole rings is 1. The Labute approximate surface area is 169 Å². The van der Waals surface area contributed by atoms with Gasteiger partial charge in [0.25, 0.3) is 0 Å². The predicted octanol–water partition coefficient (Wildman–Crippen LogP) is 5.73. The maximum atomic E-state index is 10.4. The van der Waals surface area contributed by atoms with Crippen LogP contribution in [-0.2, 0) is 6.54 Å². The Kier molecular flexibility index (Phi) is 4.17. The van der Waals surface area contributed by atoms with Crippen molar-refractivity contribution in [2.24, 2.45) is 0 Å². The van der Waals surface area contributed by atoms with Gasteiger partial charge in [-0.2, -0.15) is 0 Å². The van der Waals surface area contributed by atoms with Gasteiger partial charge in [0, 0.05) is 23.7 Å². The normalized spacial score (nSPS) is 11.2. The molecule has 4 aromatic carbocycles. The van der Waals surface area contributed by atoms with Crippen LogP contribution in [0, 0.1) is 0 Å². The van der Waals surface area contributed by atoms with Gasteiger partial charge in [-0.05, 0) is 35.2 Å². The van der Waals surface area contributed by atoms with Crippen molar-refractivity contribution < 1.29 is 5.11 Å². The molecule has 4 nitrogen and oxygen atoms in total. The number of aromatic amines is 1. The van der Waals surface area contributed by atoms with Crippen molar-refractivity contribution in [3.8, 4) is 16.9 Å². The van der Waals surface area contributed by atoms with Crippen molar-refractivity contribution in [1.82, 2.24) is 9.97 Å². The summed E-state index contributed by atoms with van der Waals surface area (Å²) in [5, 5.41) is 12.6. The Morgan fingerprint density at radius 3 is 2.31 bits per heavy atom. The van der Waals surface area contributed by atoms with E-state index in [2.05, 4.69) is 47.3 Å². The molecule has 0 saturated carbocycles. The second kappa shape index (κ2) is 6.99. The number of phenols is 1. The number of benzene rings is 4. The fourth-order valence-corrected chi connectivity index (χ4v) is 3.89. The third kappa shape index (κ3) is 3.09. The zero-order valence-electron chi connectivity index (χ0n) is 16.1. The molecule has 2 N–H and O–H groups in total. The molecular weight excluding hydrogens is 358 g/mol. The molecular formula is C25H21N3O. The standard InChI is InChI=1S/C25H21N3O/c1-28(17-9-3-2-4-10-17)16-24-26-22-15-21(19-12-7-8-14-23(19)29)18-11-5-6-13-20(18)25(22)27-24/h2-15,29H,16H2,1H3,(H,26,27). The van der Waals surface area contributed by atoms with E-state index in [9.17, 15) is 5.11 Å². The van der Waals surface area contributed by atoms with Crippen molar-refractivity contribution in [2.45, 2.75) is 6.54 Å². The number of nitrogens with one attached hydrogen (secondary N) is 1. The second-order valence-electron chi connectivity index (χ2n) is 7.26. The smallest absolute Gasteiger partial charge is 0.126 e. The van der Waals surface area contributed by atoms with Crippen molar-refractivity contribution >= 4 is 27.5 Å². The first-order valence-electron chi connectivity index (χ1n) is 9.65. The summed E-state index contributed by atoms with van der Waals surface area (Å²) < 4.78 is 0. The molecule has 0 aliphatic heterocycles. The van der Waals surface area contributed by atoms with Gasteiger partial charge in [0.05, 0.1) is 17.6 Å². The molecule has 0 fully saturated rings. The van der Waals surface area contributed by atoms with Crippen LogP contribution >= 0.6 is 0 Å². The lowest BCUT2D eigenvalue weighted by atomic mass is 9.96. The van der Waals surface area contributed by atoms with Crippen LogP contribution in [0.25, 0.3) is 32.9 Å². The average molecular weight is 379 g/mol. The van der Waals surface area contributed by atoms with Crippen molar-refractivity contribution in [2.75, 3.05) is 11.9 Å². The molecule has 0 bridgehead atoms. The summed E-state index contributed by atoms with van der Waals surface area (Å²) in [6.45, 7) is 0.680. The molecule has 1 aromatic heterocycles. The summed E-state index contributed by atoms with van der Waals surface area (Å²) in [7, 11) is 2.06. The highest BCUT2D eigenvalue weighted by Gasteiger charge is 2.14. The van der Waals surface area contributed by atoms with E-state index in [1.54, 1.807) is 6.07 Å². The van der Waals surface area contributed by atoms with E-state index in [1.807, 2.05) is 48.5 Å². The summed E-state index contributed by atoms with van der Waals surface area (Å²) in [5.41, 5.74) is 4.89. The third-order valence-corrected chi connectivity index (χ3v) is 5.32. The fraction of sp³-hybridized carbons (Fsp3) is 0.0800. The molecule has 0 radical (unpaired) electrons. The first kappa shape index (κ1) is 17.3. The van der Waals surface area contributed by atoms with E-state index in [0.29, 0.717) is 6.54 Å². The number of rotatable bonds is 4. The number of fused-ring (bicyclic) bond motifs is 3. The van der Waals surface area contributed by atoms with E-state index in [1.165, 1.54) is 0 Å². The minimum atomic E-state index is 0.278. The zero-order chi connectivity index (χ0) is 19.8. The number of aromatic hydroxyl groups is 1. The lowest BCUT2D eigenvalue weighted by Crippen LogP contribution is -2.16. The maximum absolute atomic E-state index is 10.4. The highest BCUT2D eigenvalue weighted by molar-refractivity contribution is 6.11. The van der Waals surface area contributed by atoms with Crippen molar-refractivity contribution in [3.63, 3.8) is 0 Å². The largest absolute Gasteiger partial charge is 0.507 e. The number of nitrogens with zero attached hydrogens (tertiary/aromatic N) is 2. The summed E-state index contributed by atoms with van der Waals surface area (Å²) >= 11 is 0. The third-order valence-electron chi connectivity index (χ3n) is 5.32. The predicted molar refractivity (Wildman–Crippen MR) is 119 cm³/mol. The van der Waals surface area contributed by atoms with Crippen LogP contribution < -0.4 is 4.90 Å². The Hall–Kier alpha value is -3.79. The number of phenolic OH excluding ortho intramolecular Hbond substituents is 1. The molecule has 0 aliphatic carbocycles. The van der Waals surface area contributed by atoms with Gasteiger partial charge in [0.15, 0.2) is 0 Å². The summed E-state index contributed by atoms with van der Waals surface area (Å²) in [6, 6.07) is 28.1. The first-order chi connectivity index (χ1) is 14.2. The van der Waals surface area contributed by atoms with Gasteiger partial charge >= 0.3 is 0 Å². The SMILES string of the molecule is CN(Cc1nc2c(cc(-c3ccccc3O)c3ccccc32)[nH]1)c1ccccc1. The summed E-state index contributed by atoms with van der Waals surface area (Å²) in [6.07, 6.45) is 0. The van der Waals surface area contributed by atoms with Gasteiger partial charge in [0.2, 0.25) is 0 Å². The quantitative estimate of drug-likeness (QED) is 0.420. The highest BCUT2D eigenvalue weighted by atomic mass is 16.3. The van der Waals surface area contributed by atoms with E-state index in [-0.39, 0.29) is 5.75 Å². The highest BCUT2D eigenvalue weighted by Crippen LogP contribution is 2.37. The van der Waals surface area contributed by atoms with Gasteiger partial charge in [-0.1, -0.05) is 60.7 Å². The van der Waals surface area contributed by atoms with E-state index in [4.69, 9.17) is 4.98 Å². The number of anilines is 1. The number of H-pyrrole nitrogens is 1. The molecule has 5 aromatic rings. The van der Waals surface area contributed by atoms with E-state index in [0.717, 1.165) is 44.4 Å². The molecule has 1 heterocycles. The van der Waals surface area contributed by atoms with Crippen molar-refractivity contribution in [1.29, 1.82) is 0 Å². The molecule has 29 heavy (non-hydrogen) atoms. The number of hydrogen-bond donors (Lipinski definition) is 2. The number of aromatic nitrogens is 2. The van der Waals surface area contributed by atoms with Crippen molar-refractivity contribution in [3.05, 3.63) is 90.8 Å². The molecule has 142 valence electrons. The number of para-hydroxylation sites is 2. The molecule has 0 saturated heterocycles. The molecule has 0 aliphatic rings. The fourth-order valence-electron chi connectivity index (χ4n) is 3.89. The van der Waals surface area contributed by atoms with E-state index < -0.39 is 0 Å². The van der Waals surface area contributed by atoms with Crippen LogP contribution in [-0.4, -0.2) is 22.1 Å². The first-order valence-corrected chi connectivity index (χ1v) is 9.65. The van der Waals surface area contributed by atoms with Crippen LogP contribution in [0.2, 0.25) is 0 Å². The lowest BCUT2D eigenvalue weighted by Gasteiger charge is -2.17. The minimum Gasteiger partial charge on any atom is -0.507 e. The van der Waals surface area contributed by atoms with Crippen LogP contribution in [0.1, 0.15) is 5.82 Å². The topological polar surface area (TPSA) is 52.1 Å². The van der Waals surface area contributed by atoms with Gasteiger partial charge in [-0.25, -0.2) is 4.98 Å². The van der Waals surface area contributed by atoms with Gasteiger partial charge < -0.3 is 15.0 Å². The van der Waals surface area contributed by atoms with Crippen LogP contribution in [0.15, 0.2) is 84.9 Å². The Morgan fingerprint density at radius 1 is 0.828 bits per heavy atom. The average Bonchev–Trinajstić information content (AvgIpc) is 3.17. The second-order valence-corrected chi connectivity index (χ2v) is 7.26. The molecule has 0 spiro atoms. The van der Waals surface area contributed by atoms with Gasteiger partial charge in [-0.3, -0.25) is 0 Å². The Balaban J connectivity index is 1.65. The molecule has 0 unspecified atom stereocenters. The van der Waals surface area contributed by atoms with Crippen LogP contribution in [0.3, 0.4) is 0 Å². The maximum Gasteiger partial charge on any atom is 0.126 e. The Morgan fingerprint density at radius 2 is 1.52 bits per heavy atom. The summed E-state index contributed by atoms with van der Waals surface area (Å²) in [5.74, 6) is 1.19. The monoisotopic (exact) mass is 379 g/mol. The van der Waals surface area contributed by atoms with Gasteiger partial charge in [0.1, 0.15) is 11.6 Å². The molecule has 0 amide bonds. The Bertz CT molecular complexity index is 1310.